The van der Waals surface area contributed by atoms with Crippen LogP contribution in [0.25, 0.3) is 11.0 Å². The van der Waals surface area contributed by atoms with Crippen LogP contribution in [0.4, 0.5) is 0 Å². The van der Waals surface area contributed by atoms with Crippen LogP contribution in [0.2, 0.25) is 0 Å². The van der Waals surface area contributed by atoms with Crippen molar-refractivity contribution in [2.45, 2.75) is 11.8 Å². The molecule has 3 aromatic rings. The summed E-state index contributed by atoms with van der Waals surface area (Å²) in [6.07, 6.45) is 1.13. The van der Waals surface area contributed by atoms with Gasteiger partial charge in [-0.25, -0.2) is 0 Å². The fourth-order valence-corrected chi connectivity index (χ4v) is 3.40. The molecule has 0 N–H and O–H groups in total. The minimum atomic E-state index is -3.94. The van der Waals surface area contributed by atoms with Gasteiger partial charge in [-0.2, -0.15) is 8.42 Å². The molecule has 0 unspecified atom stereocenters. The van der Waals surface area contributed by atoms with Crippen LogP contribution in [0.1, 0.15) is 5.76 Å². The van der Waals surface area contributed by atoms with E-state index in [4.69, 9.17) is 14.0 Å². The highest BCUT2D eigenvalue weighted by molar-refractivity contribution is 7.90. The molecule has 0 aliphatic carbocycles. The van der Waals surface area contributed by atoms with E-state index in [0.29, 0.717) is 22.5 Å². The quantitative estimate of drug-likeness (QED) is 0.680. The summed E-state index contributed by atoms with van der Waals surface area (Å²) in [6, 6.07) is 3.11. The second-order valence-electron chi connectivity index (χ2n) is 4.38. The lowest BCUT2D eigenvalue weighted by atomic mass is 10.3. The van der Waals surface area contributed by atoms with E-state index in [1.807, 2.05) is 0 Å². The van der Waals surface area contributed by atoms with Crippen molar-refractivity contribution in [1.82, 2.24) is 19.6 Å². The number of benzene rings is 1. The van der Waals surface area contributed by atoms with Crippen molar-refractivity contribution in [2.75, 3.05) is 6.79 Å². The Morgan fingerprint density at radius 2 is 2.00 bits per heavy atom. The lowest BCUT2D eigenvalue weighted by molar-refractivity contribution is 0.174. The molecule has 0 saturated carbocycles. The van der Waals surface area contributed by atoms with Crippen molar-refractivity contribution >= 4 is 21.1 Å². The maximum Gasteiger partial charge on any atom is 0.290 e. The second-order valence-corrected chi connectivity index (χ2v) is 6.11. The van der Waals surface area contributed by atoms with Gasteiger partial charge < -0.3 is 14.0 Å². The van der Waals surface area contributed by atoms with Gasteiger partial charge in [-0.3, -0.25) is 0 Å². The maximum absolute atomic E-state index is 12.6. The number of fused-ring (bicyclic) bond motifs is 2. The number of hydrogen-bond donors (Lipinski definition) is 0. The van der Waals surface area contributed by atoms with Crippen LogP contribution in [-0.2, 0) is 10.0 Å². The molecule has 0 spiro atoms. The lowest BCUT2D eigenvalue weighted by Gasteiger charge is -2.03. The molecular formula is C11H8N4O5S. The van der Waals surface area contributed by atoms with Crippen LogP contribution in [0.3, 0.4) is 0 Å². The molecule has 3 heterocycles. The van der Waals surface area contributed by atoms with E-state index in [9.17, 15) is 8.42 Å². The lowest BCUT2D eigenvalue weighted by Crippen LogP contribution is -2.14. The van der Waals surface area contributed by atoms with Crippen LogP contribution in [0.5, 0.6) is 11.5 Å². The second kappa shape index (κ2) is 3.95. The molecule has 1 aromatic carbocycles. The van der Waals surface area contributed by atoms with Crippen LogP contribution in [-0.4, -0.2) is 34.8 Å². The van der Waals surface area contributed by atoms with Crippen LogP contribution < -0.4 is 9.47 Å². The van der Waals surface area contributed by atoms with Gasteiger partial charge in [0.05, 0.1) is 6.20 Å². The average molecular weight is 308 g/mol. The Bertz CT molecular complexity index is 958. The molecule has 108 valence electrons. The summed E-state index contributed by atoms with van der Waals surface area (Å²) in [5.74, 6) is 1.13. The Morgan fingerprint density at radius 3 is 2.71 bits per heavy atom. The Kier molecular flexibility index (Phi) is 2.28. The number of aryl methyl sites for hydroxylation is 1. The summed E-state index contributed by atoms with van der Waals surface area (Å²) in [7, 11) is -3.94. The predicted molar refractivity (Wildman–Crippen MR) is 67.5 cm³/mol. The van der Waals surface area contributed by atoms with Crippen LogP contribution >= 0.6 is 0 Å². The van der Waals surface area contributed by atoms with Gasteiger partial charge in [0.2, 0.25) is 6.79 Å². The highest BCUT2D eigenvalue weighted by atomic mass is 32.2. The highest BCUT2D eigenvalue weighted by Gasteiger charge is 2.27. The number of ether oxygens (including phenoxy) is 2. The first-order valence-electron chi connectivity index (χ1n) is 5.89. The van der Waals surface area contributed by atoms with E-state index in [1.54, 1.807) is 6.07 Å². The zero-order chi connectivity index (χ0) is 14.6. The summed E-state index contributed by atoms with van der Waals surface area (Å²) in [4.78, 5) is -0.0630. The molecule has 2 aromatic heterocycles. The van der Waals surface area contributed by atoms with Gasteiger partial charge in [0.15, 0.2) is 22.2 Å². The minimum Gasteiger partial charge on any atom is -0.454 e. The van der Waals surface area contributed by atoms with Gasteiger partial charge >= 0.3 is 0 Å². The van der Waals surface area contributed by atoms with E-state index in [1.165, 1.54) is 13.0 Å². The third kappa shape index (κ3) is 1.62. The predicted octanol–water partition coefficient (Wildman–Crippen LogP) is 0.693. The SMILES string of the molecule is Cc1oncc1S(=O)(=O)n1nnc2cc3c(cc21)OCO3. The van der Waals surface area contributed by atoms with E-state index in [2.05, 4.69) is 15.5 Å². The van der Waals surface area contributed by atoms with E-state index < -0.39 is 10.0 Å². The third-order valence-electron chi connectivity index (χ3n) is 3.12. The van der Waals surface area contributed by atoms with Crippen LogP contribution in [0, 0.1) is 6.92 Å². The molecule has 21 heavy (non-hydrogen) atoms. The van der Waals surface area contributed by atoms with Gasteiger partial charge in [-0.05, 0) is 6.92 Å². The zero-order valence-electron chi connectivity index (χ0n) is 10.7. The fraction of sp³-hybridized carbons (Fsp3) is 0.182. The number of rotatable bonds is 2. The monoisotopic (exact) mass is 308 g/mol. The van der Waals surface area contributed by atoms with E-state index >= 15 is 0 Å². The molecule has 0 radical (unpaired) electrons. The summed E-state index contributed by atoms with van der Waals surface area (Å²) in [5, 5.41) is 11.0. The van der Waals surface area contributed by atoms with Gasteiger partial charge in [0, 0.05) is 12.1 Å². The van der Waals surface area contributed by atoms with Crippen molar-refractivity contribution < 1.29 is 22.4 Å². The molecule has 0 fully saturated rings. The number of aromatic nitrogens is 4. The van der Waals surface area contributed by atoms with Gasteiger partial charge in [-0.15, -0.1) is 9.19 Å². The van der Waals surface area contributed by atoms with Crippen molar-refractivity contribution in [3.05, 3.63) is 24.1 Å². The summed E-state index contributed by atoms with van der Waals surface area (Å²) in [5.41, 5.74) is 0.678. The standard InChI is InChI=1S/C11H8N4O5S/c1-6-11(4-12-20-6)21(16,17)15-8-3-10-9(18-5-19-10)2-7(8)13-14-15/h2-4H,5H2,1H3. The van der Waals surface area contributed by atoms with Crippen LogP contribution in [0.15, 0.2) is 27.7 Å². The van der Waals surface area contributed by atoms with E-state index in [-0.39, 0.29) is 17.4 Å². The average Bonchev–Trinajstić information content (AvgIpc) is 3.13. The molecule has 9 nitrogen and oxygen atoms in total. The van der Waals surface area contributed by atoms with Crippen molar-refractivity contribution in [2.24, 2.45) is 0 Å². The Labute approximate surface area is 118 Å². The summed E-state index contributed by atoms with van der Waals surface area (Å²) >= 11 is 0. The molecule has 1 aliphatic rings. The minimum absolute atomic E-state index is 0.0630. The number of hydrogen-bond acceptors (Lipinski definition) is 8. The van der Waals surface area contributed by atoms with Crippen molar-refractivity contribution in [3.8, 4) is 11.5 Å². The third-order valence-corrected chi connectivity index (χ3v) is 4.80. The molecule has 0 saturated heterocycles. The van der Waals surface area contributed by atoms with Gasteiger partial charge in [0.25, 0.3) is 10.0 Å². The number of nitrogens with zero attached hydrogens (tertiary/aromatic N) is 4. The molecule has 1 aliphatic heterocycles. The first-order chi connectivity index (χ1) is 10.1. The smallest absolute Gasteiger partial charge is 0.290 e. The first kappa shape index (κ1) is 12.1. The zero-order valence-corrected chi connectivity index (χ0v) is 11.5. The fourth-order valence-electron chi connectivity index (χ4n) is 2.10. The Hall–Kier alpha value is -2.62. The first-order valence-corrected chi connectivity index (χ1v) is 7.33. The molecule has 0 amide bonds. The normalized spacial score (nSPS) is 14.0. The Balaban J connectivity index is 1.97. The molecular weight excluding hydrogens is 300 g/mol. The van der Waals surface area contributed by atoms with Crippen molar-refractivity contribution in [3.63, 3.8) is 0 Å². The topological polar surface area (TPSA) is 109 Å². The van der Waals surface area contributed by atoms with Gasteiger partial charge in [0.1, 0.15) is 11.0 Å². The molecule has 0 atom stereocenters. The maximum atomic E-state index is 12.6. The molecule has 10 heteroatoms. The molecule has 4 rings (SSSR count). The van der Waals surface area contributed by atoms with E-state index in [0.717, 1.165) is 10.3 Å². The summed E-state index contributed by atoms with van der Waals surface area (Å²) < 4.78 is 41.2. The highest BCUT2D eigenvalue weighted by Crippen LogP contribution is 2.36. The van der Waals surface area contributed by atoms with Gasteiger partial charge in [-0.1, -0.05) is 10.4 Å². The molecule has 0 bridgehead atoms. The van der Waals surface area contributed by atoms with Crippen molar-refractivity contribution in [1.29, 1.82) is 0 Å². The summed E-state index contributed by atoms with van der Waals surface area (Å²) in [6.45, 7) is 1.60. The largest absolute Gasteiger partial charge is 0.454 e. The Morgan fingerprint density at radius 1 is 1.24 bits per heavy atom.